The van der Waals surface area contributed by atoms with Gasteiger partial charge in [-0.1, -0.05) is 48.2 Å². The number of thioether (sulfide) groups is 1. The van der Waals surface area contributed by atoms with Crippen molar-refractivity contribution in [3.05, 3.63) is 66.0 Å². The average molecular weight is 409 g/mol. The summed E-state index contributed by atoms with van der Waals surface area (Å²) in [4.78, 5) is 12.7. The minimum absolute atomic E-state index is 0.0783. The molecule has 1 atom stereocenters. The van der Waals surface area contributed by atoms with Crippen molar-refractivity contribution in [1.29, 1.82) is 0 Å². The van der Waals surface area contributed by atoms with Gasteiger partial charge in [0, 0.05) is 17.7 Å². The molecule has 0 unspecified atom stereocenters. The Balaban J connectivity index is 1.48. The van der Waals surface area contributed by atoms with Crippen LogP contribution in [0.25, 0.3) is 0 Å². The van der Waals surface area contributed by atoms with Crippen molar-refractivity contribution in [2.24, 2.45) is 0 Å². The molecule has 0 radical (unpaired) electrons. The third-order valence-electron chi connectivity index (χ3n) is 4.86. The van der Waals surface area contributed by atoms with Gasteiger partial charge in [0.05, 0.1) is 18.9 Å². The Hall–Kier alpha value is -2.80. The van der Waals surface area contributed by atoms with Crippen molar-refractivity contribution in [3.63, 3.8) is 0 Å². The van der Waals surface area contributed by atoms with Gasteiger partial charge in [0.25, 0.3) is 0 Å². The molecule has 29 heavy (non-hydrogen) atoms. The van der Waals surface area contributed by atoms with E-state index in [-0.39, 0.29) is 11.2 Å². The third kappa shape index (κ3) is 4.79. The molecule has 1 N–H and O–H groups in total. The number of rotatable bonds is 8. The van der Waals surface area contributed by atoms with Crippen molar-refractivity contribution >= 4 is 23.4 Å². The van der Waals surface area contributed by atoms with Crippen LogP contribution in [0.4, 0.5) is 5.69 Å². The minimum Gasteiger partial charge on any atom is -0.497 e. The maximum atomic E-state index is 12.7. The van der Waals surface area contributed by atoms with E-state index in [1.165, 1.54) is 17.3 Å². The van der Waals surface area contributed by atoms with E-state index < -0.39 is 0 Å². The second-order valence-corrected chi connectivity index (χ2v) is 8.48. The Morgan fingerprint density at radius 3 is 2.72 bits per heavy atom. The van der Waals surface area contributed by atoms with Crippen LogP contribution in [0.1, 0.15) is 37.1 Å². The molecule has 1 aliphatic rings. The van der Waals surface area contributed by atoms with Crippen molar-refractivity contribution in [2.45, 2.75) is 42.6 Å². The minimum atomic E-state index is -0.313. The first-order valence-corrected chi connectivity index (χ1v) is 10.6. The number of carbonyl (C=O) groups is 1. The third-order valence-corrected chi connectivity index (χ3v) is 5.94. The van der Waals surface area contributed by atoms with Gasteiger partial charge >= 0.3 is 0 Å². The highest BCUT2D eigenvalue weighted by Crippen LogP contribution is 2.40. The Bertz CT molecular complexity index is 985. The molecule has 0 saturated heterocycles. The van der Waals surface area contributed by atoms with Crippen LogP contribution in [0, 0.1) is 0 Å². The molecule has 0 spiro atoms. The number of hydrogen-bond acceptors (Lipinski definition) is 5. The van der Waals surface area contributed by atoms with E-state index >= 15 is 0 Å². The highest BCUT2D eigenvalue weighted by molar-refractivity contribution is 8.00. The van der Waals surface area contributed by atoms with E-state index in [0.29, 0.717) is 23.9 Å². The molecule has 6 nitrogen and oxygen atoms in total. The van der Waals surface area contributed by atoms with Crippen LogP contribution < -0.4 is 10.1 Å². The Morgan fingerprint density at radius 2 is 2.00 bits per heavy atom. The quantitative estimate of drug-likeness (QED) is 0.562. The molecule has 2 aromatic carbocycles. The van der Waals surface area contributed by atoms with Gasteiger partial charge in [-0.25, -0.2) is 0 Å². The van der Waals surface area contributed by atoms with Crippen LogP contribution in [0.3, 0.4) is 0 Å². The van der Waals surface area contributed by atoms with Crippen LogP contribution in [0.15, 0.2) is 59.8 Å². The molecule has 1 saturated carbocycles. The number of aromatic nitrogens is 3. The summed E-state index contributed by atoms with van der Waals surface area (Å²) in [7, 11) is 1.61. The topological polar surface area (TPSA) is 69.0 Å². The van der Waals surface area contributed by atoms with Gasteiger partial charge in [0.1, 0.15) is 11.6 Å². The molecule has 4 rings (SSSR count). The fourth-order valence-corrected chi connectivity index (χ4v) is 3.96. The summed E-state index contributed by atoms with van der Waals surface area (Å²) in [5.74, 6) is 2.14. The van der Waals surface area contributed by atoms with Gasteiger partial charge in [-0.3, -0.25) is 4.79 Å². The zero-order valence-electron chi connectivity index (χ0n) is 16.5. The van der Waals surface area contributed by atoms with Gasteiger partial charge in [0.2, 0.25) is 5.91 Å². The van der Waals surface area contributed by atoms with Gasteiger partial charge in [-0.15, -0.1) is 10.2 Å². The van der Waals surface area contributed by atoms with E-state index in [1.807, 2.05) is 43.3 Å². The second kappa shape index (κ2) is 8.69. The Labute approximate surface area is 174 Å². The lowest BCUT2D eigenvalue weighted by atomic mass is 10.2. The molecule has 150 valence electrons. The number of methoxy groups -OCH3 is 1. The molecule has 1 amide bonds. The first-order chi connectivity index (χ1) is 14.1. The van der Waals surface area contributed by atoms with Crippen molar-refractivity contribution in [1.82, 2.24) is 14.8 Å². The summed E-state index contributed by atoms with van der Waals surface area (Å²) < 4.78 is 7.38. The normalized spacial score (nSPS) is 14.4. The van der Waals surface area contributed by atoms with Crippen LogP contribution in [-0.2, 0) is 11.3 Å². The average Bonchev–Trinajstić information content (AvgIpc) is 3.52. The molecule has 7 heteroatoms. The Morgan fingerprint density at radius 1 is 1.21 bits per heavy atom. The second-order valence-electron chi connectivity index (χ2n) is 7.17. The van der Waals surface area contributed by atoms with E-state index in [2.05, 4.69) is 32.2 Å². The highest BCUT2D eigenvalue weighted by atomic mass is 32.2. The highest BCUT2D eigenvalue weighted by Gasteiger charge is 2.31. The summed E-state index contributed by atoms with van der Waals surface area (Å²) in [5.41, 5.74) is 1.91. The lowest BCUT2D eigenvalue weighted by molar-refractivity contribution is -0.115. The molecule has 0 aliphatic heterocycles. The van der Waals surface area contributed by atoms with Crippen molar-refractivity contribution < 1.29 is 9.53 Å². The SMILES string of the molecule is COc1cccc(NC(=O)[C@@H](C)Sc2nnc(C3CC3)n2Cc2ccccc2)c1. The molecule has 0 bridgehead atoms. The van der Waals surface area contributed by atoms with Gasteiger partial charge in [-0.2, -0.15) is 0 Å². The largest absolute Gasteiger partial charge is 0.497 e. The maximum absolute atomic E-state index is 12.7. The van der Waals surface area contributed by atoms with Gasteiger partial charge < -0.3 is 14.6 Å². The predicted octanol–water partition coefficient (Wildman–Crippen LogP) is 4.33. The number of hydrogen-bond donors (Lipinski definition) is 1. The monoisotopic (exact) mass is 408 g/mol. The molecular weight excluding hydrogens is 384 g/mol. The number of nitrogens with zero attached hydrogens (tertiary/aromatic N) is 3. The summed E-state index contributed by atoms with van der Waals surface area (Å²) in [6, 6.07) is 17.6. The summed E-state index contributed by atoms with van der Waals surface area (Å²) >= 11 is 1.44. The van der Waals surface area contributed by atoms with Crippen molar-refractivity contribution in [3.8, 4) is 5.75 Å². The van der Waals surface area contributed by atoms with E-state index in [1.54, 1.807) is 13.2 Å². The van der Waals surface area contributed by atoms with Crippen LogP contribution >= 0.6 is 11.8 Å². The summed E-state index contributed by atoms with van der Waals surface area (Å²) in [6.45, 7) is 2.60. The first kappa shape index (κ1) is 19.5. The van der Waals surface area contributed by atoms with Gasteiger partial charge in [0.15, 0.2) is 5.16 Å². The van der Waals surface area contributed by atoms with E-state index in [0.717, 1.165) is 23.8 Å². The van der Waals surface area contributed by atoms with Crippen molar-refractivity contribution in [2.75, 3.05) is 12.4 Å². The van der Waals surface area contributed by atoms with Crippen LogP contribution in [-0.4, -0.2) is 33.0 Å². The smallest absolute Gasteiger partial charge is 0.237 e. The standard InChI is InChI=1S/C22H24N4O2S/c1-15(21(27)23-18-9-6-10-19(13-18)28-2)29-22-25-24-20(17-11-12-17)26(22)14-16-7-4-3-5-8-16/h3-10,13,15,17H,11-12,14H2,1-2H3,(H,23,27)/t15-/m1/s1. The lowest BCUT2D eigenvalue weighted by Crippen LogP contribution is -2.23. The zero-order chi connectivity index (χ0) is 20.2. The summed E-state index contributed by atoms with van der Waals surface area (Å²) in [6.07, 6.45) is 2.31. The number of ether oxygens (including phenoxy) is 1. The number of benzene rings is 2. The molecule has 1 heterocycles. The van der Waals surface area contributed by atoms with Crippen LogP contribution in [0.5, 0.6) is 5.75 Å². The first-order valence-electron chi connectivity index (χ1n) is 9.72. The molecule has 1 aromatic heterocycles. The van der Waals surface area contributed by atoms with Gasteiger partial charge in [-0.05, 0) is 37.5 Å². The van der Waals surface area contributed by atoms with E-state index in [9.17, 15) is 4.79 Å². The predicted molar refractivity (Wildman–Crippen MR) is 114 cm³/mol. The Kier molecular flexibility index (Phi) is 5.85. The lowest BCUT2D eigenvalue weighted by Gasteiger charge is -2.14. The number of amides is 1. The molecular formula is C22H24N4O2S. The zero-order valence-corrected chi connectivity index (χ0v) is 17.4. The number of anilines is 1. The fourth-order valence-electron chi connectivity index (χ4n) is 3.10. The van der Waals surface area contributed by atoms with E-state index in [4.69, 9.17) is 4.74 Å². The molecule has 3 aromatic rings. The number of nitrogens with one attached hydrogen (secondary N) is 1. The number of carbonyl (C=O) groups excluding carboxylic acids is 1. The summed E-state index contributed by atoms with van der Waals surface area (Å²) in [5, 5.41) is 12.3. The molecule has 1 fully saturated rings. The fraction of sp³-hybridized carbons (Fsp3) is 0.318. The maximum Gasteiger partial charge on any atom is 0.237 e. The van der Waals surface area contributed by atoms with Crippen LogP contribution in [0.2, 0.25) is 0 Å². The molecule has 1 aliphatic carbocycles.